The summed E-state index contributed by atoms with van der Waals surface area (Å²) in [4.78, 5) is 12.6. The summed E-state index contributed by atoms with van der Waals surface area (Å²) in [7, 11) is -0.392. The van der Waals surface area contributed by atoms with Gasteiger partial charge in [0.2, 0.25) is 0 Å². The van der Waals surface area contributed by atoms with Gasteiger partial charge in [0.25, 0.3) is 0 Å². The van der Waals surface area contributed by atoms with Crippen LogP contribution in [0.1, 0.15) is 40.5 Å². The Kier molecular flexibility index (Phi) is 4.73. The SMILES string of the molecule is CC1(C)OB(c2ccc(OC[C@H]3CCCN3C(=O)O)cc2)OC1(C)C. The molecule has 2 heterocycles. The van der Waals surface area contributed by atoms with Gasteiger partial charge in [-0.1, -0.05) is 12.1 Å². The first-order valence-corrected chi connectivity index (χ1v) is 8.77. The largest absolute Gasteiger partial charge is 0.494 e. The number of ether oxygens (including phenoxy) is 1. The molecule has 7 heteroatoms. The summed E-state index contributed by atoms with van der Waals surface area (Å²) in [5.74, 6) is 0.720. The maximum atomic E-state index is 11.2. The van der Waals surface area contributed by atoms with Crippen LogP contribution in [0.5, 0.6) is 5.75 Å². The molecule has 1 atom stereocenters. The Balaban J connectivity index is 1.59. The highest BCUT2D eigenvalue weighted by Crippen LogP contribution is 2.36. The van der Waals surface area contributed by atoms with Gasteiger partial charge in [0.15, 0.2) is 0 Å². The standard InChI is InChI=1S/C18H26BNO5/c1-17(2)18(3,4)25-19(24-17)13-7-9-15(10-8-13)23-12-14-6-5-11-20(14)16(21)22/h7-10,14H,5-6,11-12H2,1-4H3,(H,21,22)/t14-/m1/s1. The number of carboxylic acid groups (broad SMARTS) is 1. The third-order valence-electron chi connectivity index (χ3n) is 5.47. The van der Waals surface area contributed by atoms with Crippen LogP contribution in [0.25, 0.3) is 0 Å². The van der Waals surface area contributed by atoms with E-state index in [0.717, 1.165) is 24.1 Å². The number of nitrogens with zero attached hydrogens (tertiary/aromatic N) is 1. The minimum atomic E-state index is -0.873. The molecule has 0 aliphatic carbocycles. The molecule has 0 unspecified atom stereocenters. The van der Waals surface area contributed by atoms with Crippen molar-refractivity contribution < 1.29 is 23.9 Å². The molecule has 2 aliphatic rings. The van der Waals surface area contributed by atoms with E-state index in [2.05, 4.69) is 0 Å². The van der Waals surface area contributed by atoms with Gasteiger partial charge in [0.1, 0.15) is 12.4 Å². The van der Waals surface area contributed by atoms with Gasteiger partial charge in [-0.25, -0.2) is 4.79 Å². The normalized spacial score (nSPS) is 24.6. The Morgan fingerprint density at radius 1 is 1.24 bits per heavy atom. The summed E-state index contributed by atoms with van der Waals surface area (Å²) in [6, 6.07) is 7.54. The van der Waals surface area contributed by atoms with Crippen LogP contribution in [-0.2, 0) is 9.31 Å². The van der Waals surface area contributed by atoms with Gasteiger partial charge in [-0.3, -0.25) is 0 Å². The highest BCUT2D eigenvalue weighted by Gasteiger charge is 2.51. The first-order valence-electron chi connectivity index (χ1n) is 8.77. The fourth-order valence-electron chi connectivity index (χ4n) is 3.15. The molecule has 2 aliphatic heterocycles. The van der Waals surface area contributed by atoms with E-state index in [4.69, 9.17) is 19.2 Å². The average molecular weight is 347 g/mol. The van der Waals surface area contributed by atoms with Crippen molar-refractivity contribution in [2.45, 2.75) is 57.8 Å². The van der Waals surface area contributed by atoms with Gasteiger partial charge in [-0.15, -0.1) is 0 Å². The number of hydrogen-bond acceptors (Lipinski definition) is 4. The van der Waals surface area contributed by atoms with E-state index in [1.807, 2.05) is 52.0 Å². The lowest BCUT2D eigenvalue weighted by Crippen LogP contribution is -2.41. The van der Waals surface area contributed by atoms with Gasteiger partial charge in [-0.05, 0) is 58.1 Å². The van der Waals surface area contributed by atoms with Gasteiger partial charge in [-0.2, -0.15) is 0 Å². The van der Waals surface area contributed by atoms with E-state index >= 15 is 0 Å². The molecule has 1 aromatic carbocycles. The van der Waals surface area contributed by atoms with E-state index in [-0.39, 0.29) is 17.2 Å². The lowest BCUT2D eigenvalue weighted by Gasteiger charge is -2.32. The van der Waals surface area contributed by atoms with Crippen LogP contribution in [0, 0.1) is 0 Å². The summed E-state index contributed by atoms with van der Waals surface area (Å²) in [6.07, 6.45) is 0.863. The predicted octanol–water partition coefficient (Wildman–Crippen LogP) is 2.51. The van der Waals surface area contributed by atoms with Gasteiger partial charge in [0.05, 0.1) is 17.2 Å². The van der Waals surface area contributed by atoms with Crippen LogP contribution in [0.3, 0.4) is 0 Å². The summed E-state index contributed by atoms with van der Waals surface area (Å²) in [5.41, 5.74) is 0.213. The minimum Gasteiger partial charge on any atom is -0.491 e. The van der Waals surface area contributed by atoms with Crippen molar-refractivity contribution in [3.05, 3.63) is 24.3 Å². The molecule has 1 aromatic rings. The monoisotopic (exact) mass is 347 g/mol. The van der Waals surface area contributed by atoms with Crippen LogP contribution >= 0.6 is 0 Å². The fourth-order valence-corrected chi connectivity index (χ4v) is 3.15. The fraction of sp³-hybridized carbons (Fsp3) is 0.611. The highest BCUT2D eigenvalue weighted by atomic mass is 16.7. The number of carbonyl (C=O) groups is 1. The van der Waals surface area contributed by atoms with Crippen LogP contribution in [0.2, 0.25) is 0 Å². The number of benzene rings is 1. The highest BCUT2D eigenvalue weighted by molar-refractivity contribution is 6.62. The molecule has 0 aromatic heterocycles. The molecule has 6 nitrogen and oxygen atoms in total. The first kappa shape index (κ1) is 18.1. The maximum absolute atomic E-state index is 11.2. The maximum Gasteiger partial charge on any atom is 0.494 e. The third kappa shape index (κ3) is 3.62. The third-order valence-corrected chi connectivity index (χ3v) is 5.47. The summed E-state index contributed by atoms with van der Waals surface area (Å²) < 4.78 is 17.9. The Bertz CT molecular complexity index is 615. The van der Waals surface area contributed by atoms with Crippen molar-refractivity contribution in [1.29, 1.82) is 0 Å². The van der Waals surface area contributed by atoms with Gasteiger partial charge in [0, 0.05) is 6.54 Å². The predicted molar refractivity (Wildman–Crippen MR) is 95.4 cm³/mol. The second-order valence-electron chi connectivity index (χ2n) is 7.74. The Hall–Kier alpha value is -1.73. The van der Waals surface area contributed by atoms with Crippen molar-refractivity contribution in [1.82, 2.24) is 4.90 Å². The van der Waals surface area contributed by atoms with E-state index in [9.17, 15) is 4.79 Å². The van der Waals surface area contributed by atoms with E-state index < -0.39 is 13.2 Å². The van der Waals surface area contributed by atoms with E-state index in [1.54, 1.807) is 0 Å². The van der Waals surface area contributed by atoms with Crippen molar-refractivity contribution in [3.8, 4) is 5.75 Å². The van der Waals surface area contributed by atoms with Gasteiger partial charge < -0.3 is 24.1 Å². The summed E-state index contributed by atoms with van der Waals surface area (Å²) in [5, 5.41) is 9.17. The summed E-state index contributed by atoms with van der Waals surface area (Å²) >= 11 is 0. The molecule has 1 amide bonds. The zero-order chi connectivity index (χ0) is 18.2. The molecule has 0 spiro atoms. The molecule has 0 radical (unpaired) electrons. The Morgan fingerprint density at radius 2 is 1.84 bits per heavy atom. The zero-order valence-corrected chi connectivity index (χ0v) is 15.3. The van der Waals surface area contributed by atoms with E-state index in [0.29, 0.717) is 13.2 Å². The number of hydrogen-bond donors (Lipinski definition) is 1. The van der Waals surface area contributed by atoms with Gasteiger partial charge >= 0.3 is 13.2 Å². The van der Waals surface area contributed by atoms with Crippen LogP contribution in [0.15, 0.2) is 24.3 Å². The Morgan fingerprint density at radius 3 is 2.40 bits per heavy atom. The molecular weight excluding hydrogens is 321 g/mol. The second kappa shape index (κ2) is 6.54. The molecule has 1 N–H and O–H groups in total. The first-order chi connectivity index (χ1) is 11.7. The number of likely N-dealkylation sites (tertiary alicyclic amines) is 1. The lowest BCUT2D eigenvalue weighted by atomic mass is 9.79. The molecule has 136 valence electrons. The van der Waals surface area contributed by atoms with Crippen LogP contribution in [-0.4, -0.2) is 53.6 Å². The number of amides is 1. The quantitative estimate of drug-likeness (QED) is 0.848. The molecule has 25 heavy (non-hydrogen) atoms. The summed E-state index contributed by atoms with van der Waals surface area (Å²) in [6.45, 7) is 9.08. The second-order valence-corrected chi connectivity index (χ2v) is 7.74. The topological polar surface area (TPSA) is 68.2 Å². The smallest absolute Gasteiger partial charge is 0.491 e. The Labute approximate surface area is 149 Å². The van der Waals surface area contributed by atoms with Crippen molar-refractivity contribution in [2.24, 2.45) is 0 Å². The molecular formula is C18H26BNO5. The zero-order valence-electron chi connectivity index (χ0n) is 15.3. The molecule has 0 bridgehead atoms. The minimum absolute atomic E-state index is 0.0692. The molecule has 2 saturated heterocycles. The number of rotatable bonds is 4. The molecule has 2 fully saturated rings. The molecule has 3 rings (SSSR count). The average Bonchev–Trinajstić information content (AvgIpc) is 3.08. The van der Waals surface area contributed by atoms with Crippen molar-refractivity contribution >= 4 is 18.7 Å². The van der Waals surface area contributed by atoms with Crippen LogP contribution in [0.4, 0.5) is 4.79 Å². The van der Waals surface area contributed by atoms with Crippen molar-refractivity contribution in [2.75, 3.05) is 13.2 Å². The lowest BCUT2D eigenvalue weighted by molar-refractivity contribution is 0.00578. The van der Waals surface area contributed by atoms with E-state index in [1.165, 1.54) is 4.90 Å². The van der Waals surface area contributed by atoms with Crippen LogP contribution < -0.4 is 10.2 Å². The molecule has 0 saturated carbocycles. The van der Waals surface area contributed by atoms with Crippen molar-refractivity contribution in [3.63, 3.8) is 0 Å².